The summed E-state index contributed by atoms with van der Waals surface area (Å²) in [6.07, 6.45) is 4.31. The van der Waals surface area contributed by atoms with Crippen molar-refractivity contribution in [2.24, 2.45) is 5.92 Å². The van der Waals surface area contributed by atoms with Gasteiger partial charge in [0.2, 0.25) is 5.88 Å². The zero-order chi connectivity index (χ0) is 30.3. The molecule has 3 aromatic rings. The van der Waals surface area contributed by atoms with Crippen LogP contribution in [0.5, 0.6) is 11.9 Å². The first kappa shape index (κ1) is 29.8. The van der Waals surface area contributed by atoms with Gasteiger partial charge in [-0.2, -0.15) is 4.98 Å². The van der Waals surface area contributed by atoms with Crippen molar-refractivity contribution >= 4 is 23.5 Å². The number of aromatic nitrogens is 4. The normalized spacial score (nSPS) is 20.5. The molecule has 1 amide bonds. The number of methoxy groups -OCH3 is 2. The molecule has 2 aromatic heterocycles. The Morgan fingerprint density at radius 2 is 1.69 bits per heavy atom. The fourth-order valence-corrected chi connectivity index (χ4v) is 6.15. The maximum absolute atomic E-state index is 14.3. The van der Waals surface area contributed by atoms with Gasteiger partial charge in [-0.15, -0.1) is 0 Å². The van der Waals surface area contributed by atoms with Crippen molar-refractivity contribution in [2.45, 2.75) is 84.0 Å². The van der Waals surface area contributed by atoms with Gasteiger partial charge < -0.3 is 23.7 Å². The van der Waals surface area contributed by atoms with Crippen molar-refractivity contribution in [1.29, 1.82) is 0 Å². The van der Waals surface area contributed by atoms with Gasteiger partial charge in [0.25, 0.3) is 5.91 Å². The Morgan fingerprint density at radius 1 is 1.02 bits per heavy atom. The van der Waals surface area contributed by atoms with Crippen LogP contribution in [-0.2, 0) is 9.53 Å². The summed E-state index contributed by atoms with van der Waals surface area (Å²) in [5.74, 6) is 0.376. The van der Waals surface area contributed by atoms with E-state index in [1.165, 1.54) is 14.2 Å². The number of hydrogen-bond donors (Lipinski definition) is 0. The third-order valence-electron chi connectivity index (χ3n) is 7.80. The Hall–Kier alpha value is -3.66. The number of benzene rings is 1. The minimum Gasteiger partial charge on any atom is -0.480 e. The summed E-state index contributed by atoms with van der Waals surface area (Å²) < 4.78 is 18.5. The van der Waals surface area contributed by atoms with Crippen molar-refractivity contribution < 1.29 is 23.8 Å². The monoisotopic (exact) mass is 595 g/mol. The number of imidazole rings is 1. The van der Waals surface area contributed by atoms with Crippen molar-refractivity contribution in [2.75, 3.05) is 14.2 Å². The molecule has 0 radical (unpaired) electrons. The number of amides is 1. The van der Waals surface area contributed by atoms with Gasteiger partial charge in [-0.3, -0.25) is 9.59 Å². The number of ether oxygens (including phenoxy) is 3. The molecule has 3 heterocycles. The maximum Gasteiger partial charge on any atom is 0.319 e. The van der Waals surface area contributed by atoms with E-state index in [0.29, 0.717) is 53.7 Å². The third-order valence-corrected chi connectivity index (χ3v) is 8.06. The lowest BCUT2D eigenvalue weighted by atomic mass is 9.84. The van der Waals surface area contributed by atoms with E-state index in [4.69, 9.17) is 30.8 Å². The average molecular weight is 596 g/mol. The molecule has 2 aliphatic rings. The largest absolute Gasteiger partial charge is 0.480 e. The molecular formula is C31H38ClN5O5. The Bertz CT molecular complexity index is 1470. The van der Waals surface area contributed by atoms with Crippen molar-refractivity contribution in [3.8, 4) is 23.3 Å². The number of carbonyl (C=O) groups is 2. The number of esters is 1. The van der Waals surface area contributed by atoms with Gasteiger partial charge in [-0.1, -0.05) is 23.7 Å². The minimum atomic E-state index is -0.531. The molecule has 11 heteroatoms. The van der Waals surface area contributed by atoms with Gasteiger partial charge in [-0.05, 0) is 78.0 Å². The number of hydrogen-bond acceptors (Lipinski definition) is 8. The molecule has 1 aromatic carbocycles. The van der Waals surface area contributed by atoms with Gasteiger partial charge in [-0.25, -0.2) is 9.97 Å². The number of halogens is 1. The summed E-state index contributed by atoms with van der Waals surface area (Å²) >= 11 is 6.27. The van der Waals surface area contributed by atoms with E-state index in [1.807, 2.05) is 49.9 Å². The van der Waals surface area contributed by atoms with E-state index in [2.05, 4.69) is 28.4 Å². The van der Waals surface area contributed by atoms with Gasteiger partial charge in [0.1, 0.15) is 17.5 Å². The Balaban J connectivity index is 1.56. The predicted molar refractivity (Wildman–Crippen MR) is 158 cm³/mol. The molecular weight excluding hydrogens is 558 g/mol. The molecule has 0 N–H and O–H groups in total. The van der Waals surface area contributed by atoms with E-state index in [-0.39, 0.29) is 41.9 Å². The predicted octanol–water partition coefficient (Wildman–Crippen LogP) is 6.04. The first-order chi connectivity index (χ1) is 19.9. The smallest absolute Gasteiger partial charge is 0.319 e. The van der Waals surface area contributed by atoms with E-state index in [0.717, 1.165) is 11.3 Å². The van der Waals surface area contributed by atoms with Crippen LogP contribution in [0, 0.1) is 5.92 Å². The lowest BCUT2D eigenvalue weighted by Gasteiger charge is -2.38. The van der Waals surface area contributed by atoms with Crippen LogP contribution in [0.4, 0.5) is 0 Å². The molecule has 5 rings (SSSR count). The van der Waals surface area contributed by atoms with Crippen molar-refractivity contribution in [3.05, 3.63) is 52.4 Å². The van der Waals surface area contributed by atoms with E-state index < -0.39 is 5.60 Å². The summed E-state index contributed by atoms with van der Waals surface area (Å²) in [6.45, 7) is 9.76. The molecule has 1 unspecified atom stereocenters. The first-order valence-electron chi connectivity index (χ1n) is 14.3. The van der Waals surface area contributed by atoms with Crippen LogP contribution in [0.1, 0.15) is 94.1 Å². The lowest BCUT2D eigenvalue weighted by Crippen LogP contribution is -2.43. The van der Waals surface area contributed by atoms with Crippen LogP contribution in [0.15, 0.2) is 30.5 Å². The molecule has 0 saturated heterocycles. The molecule has 0 spiro atoms. The first-order valence-corrected chi connectivity index (χ1v) is 14.7. The number of rotatable bonds is 7. The van der Waals surface area contributed by atoms with Crippen LogP contribution in [0.3, 0.4) is 0 Å². The summed E-state index contributed by atoms with van der Waals surface area (Å²) in [5, 5.41) is 0.617. The second-order valence-electron chi connectivity index (χ2n) is 12.1. The minimum absolute atomic E-state index is 0.0477. The highest BCUT2D eigenvalue weighted by Crippen LogP contribution is 2.46. The third kappa shape index (κ3) is 5.56. The highest BCUT2D eigenvalue weighted by Gasteiger charge is 2.48. The highest BCUT2D eigenvalue weighted by molar-refractivity contribution is 6.30. The fourth-order valence-electron chi connectivity index (χ4n) is 6.02. The number of fused-ring (bicyclic) bond motifs is 1. The van der Waals surface area contributed by atoms with Gasteiger partial charge in [0.05, 0.1) is 31.4 Å². The topological polar surface area (TPSA) is 109 Å². The zero-order valence-corrected chi connectivity index (χ0v) is 25.9. The SMILES string of the molecule is COc1ncc(-c2nc3c(n2C(C)C)C(c2ccc(Cl)cc2)N([C@H]2CC[C@H](C(=O)OC(C)(C)C)CC2)C3=O)c(OC)n1. The van der Waals surface area contributed by atoms with Crippen LogP contribution in [-0.4, -0.2) is 62.2 Å². The summed E-state index contributed by atoms with van der Waals surface area (Å²) in [6, 6.07) is 7.28. The summed E-state index contributed by atoms with van der Waals surface area (Å²) in [7, 11) is 3.02. The van der Waals surface area contributed by atoms with Crippen LogP contribution >= 0.6 is 11.6 Å². The summed E-state index contributed by atoms with van der Waals surface area (Å²) in [4.78, 5) is 42.6. The second-order valence-corrected chi connectivity index (χ2v) is 12.6. The molecule has 224 valence electrons. The maximum atomic E-state index is 14.3. The molecule has 1 aliphatic carbocycles. The van der Waals surface area contributed by atoms with E-state index >= 15 is 0 Å². The molecule has 42 heavy (non-hydrogen) atoms. The Kier molecular flexibility index (Phi) is 8.20. The molecule has 1 atom stereocenters. The van der Waals surface area contributed by atoms with Crippen LogP contribution in [0.25, 0.3) is 11.4 Å². The van der Waals surface area contributed by atoms with Crippen LogP contribution in [0.2, 0.25) is 5.02 Å². The second kappa shape index (κ2) is 11.6. The average Bonchev–Trinajstić information content (AvgIpc) is 3.47. The van der Waals surface area contributed by atoms with Gasteiger partial charge >= 0.3 is 12.0 Å². The molecule has 1 fully saturated rings. The Labute approximate surface area is 251 Å². The summed E-state index contributed by atoms with van der Waals surface area (Å²) in [5.41, 5.74) is 2.17. The number of carbonyl (C=O) groups excluding carboxylic acids is 2. The quantitative estimate of drug-likeness (QED) is 0.304. The lowest BCUT2D eigenvalue weighted by molar-refractivity contribution is -0.161. The van der Waals surface area contributed by atoms with Gasteiger partial charge in [0, 0.05) is 23.3 Å². The fraction of sp³-hybridized carbons (Fsp3) is 0.516. The highest BCUT2D eigenvalue weighted by atomic mass is 35.5. The molecule has 1 aliphatic heterocycles. The van der Waals surface area contributed by atoms with Gasteiger partial charge in [0.15, 0.2) is 5.69 Å². The number of nitrogens with zero attached hydrogens (tertiary/aromatic N) is 5. The van der Waals surface area contributed by atoms with E-state index in [9.17, 15) is 9.59 Å². The van der Waals surface area contributed by atoms with Crippen LogP contribution < -0.4 is 9.47 Å². The van der Waals surface area contributed by atoms with E-state index in [1.54, 1.807) is 6.20 Å². The Morgan fingerprint density at radius 3 is 2.26 bits per heavy atom. The molecule has 10 nitrogen and oxygen atoms in total. The zero-order valence-electron chi connectivity index (χ0n) is 25.2. The van der Waals surface area contributed by atoms with Crippen molar-refractivity contribution in [3.63, 3.8) is 0 Å². The molecule has 0 bridgehead atoms. The standard InChI is InChI=1S/C31H38ClN5O5/c1-17(2)36-25-23(34-26(36)22-16-33-30(41-7)35-27(22)40-6)28(38)37(24(25)18-8-12-20(32)13-9-18)21-14-10-19(11-15-21)29(39)42-31(3,4)5/h8-9,12-13,16-17,19,21,24H,10-11,14-15H2,1-7H3/t19-,21-,24?. The van der Waals surface area contributed by atoms with Crippen molar-refractivity contribution in [1.82, 2.24) is 24.4 Å². The molecule has 1 saturated carbocycles.